The van der Waals surface area contributed by atoms with Crippen LogP contribution >= 0.6 is 0 Å². The lowest BCUT2D eigenvalue weighted by Crippen LogP contribution is -2.27. The maximum absolute atomic E-state index is 11.6. The first-order valence-electron chi connectivity index (χ1n) is 6.46. The molecule has 0 bridgehead atoms. The van der Waals surface area contributed by atoms with E-state index < -0.39 is 0 Å². The highest BCUT2D eigenvalue weighted by atomic mass is 16.2. The molecule has 0 atom stereocenters. The van der Waals surface area contributed by atoms with Crippen LogP contribution in [0.1, 0.15) is 65.2 Å². The van der Waals surface area contributed by atoms with E-state index in [1.54, 1.807) is 0 Å². The molecule has 2 nitrogen and oxygen atoms in total. The van der Waals surface area contributed by atoms with Gasteiger partial charge in [-0.1, -0.05) is 46.0 Å². The Kier molecular flexibility index (Phi) is 9.65. The molecule has 0 aliphatic heterocycles. The minimum Gasteiger partial charge on any atom is -0.346 e. The molecule has 0 spiro atoms. The second-order valence-electron chi connectivity index (χ2n) is 4.33. The first kappa shape index (κ1) is 14.5. The fourth-order valence-corrected chi connectivity index (χ4v) is 1.62. The molecule has 90 valence electrons. The van der Waals surface area contributed by atoms with Crippen LogP contribution in [-0.4, -0.2) is 24.4 Å². The summed E-state index contributed by atoms with van der Waals surface area (Å²) in [6.45, 7) is 5.31. The maximum atomic E-state index is 11.6. The van der Waals surface area contributed by atoms with Crippen molar-refractivity contribution >= 4 is 5.91 Å². The molecule has 0 saturated heterocycles. The third-order valence-corrected chi connectivity index (χ3v) is 2.77. The van der Waals surface area contributed by atoms with E-state index in [2.05, 4.69) is 13.8 Å². The molecule has 0 fully saturated rings. The van der Waals surface area contributed by atoms with Gasteiger partial charge in [0.2, 0.25) is 5.91 Å². The lowest BCUT2D eigenvalue weighted by Gasteiger charge is -2.16. The van der Waals surface area contributed by atoms with Crippen LogP contribution in [0.3, 0.4) is 0 Å². The fourth-order valence-electron chi connectivity index (χ4n) is 1.62. The topological polar surface area (TPSA) is 20.3 Å². The smallest absolute Gasteiger partial charge is 0.222 e. The Labute approximate surface area is 95.0 Å². The van der Waals surface area contributed by atoms with E-state index in [0.717, 1.165) is 25.8 Å². The molecule has 0 radical (unpaired) electrons. The van der Waals surface area contributed by atoms with Crippen molar-refractivity contribution in [1.29, 1.82) is 0 Å². The molecule has 0 unspecified atom stereocenters. The van der Waals surface area contributed by atoms with Crippen molar-refractivity contribution in [1.82, 2.24) is 4.90 Å². The summed E-state index contributed by atoms with van der Waals surface area (Å²) in [6.07, 6.45) is 9.11. The maximum Gasteiger partial charge on any atom is 0.222 e. The summed E-state index contributed by atoms with van der Waals surface area (Å²) in [5.74, 6) is 0.319. The lowest BCUT2D eigenvalue weighted by molar-refractivity contribution is -0.130. The Morgan fingerprint density at radius 1 is 0.933 bits per heavy atom. The van der Waals surface area contributed by atoms with Crippen LogP contribution in [0.15, 0.2) is 0 Å². The zero-order valence-corrected chi connectivity index (χ0v) is 10.7. The molecule has 0 rings (SSSR count). The average Bonchev–Trinajstić information content (AvgIpc) is 2.24. The zero-order valence-electron chi connectivity index (χ0n) is 10.7. The second kappa shape index (κ2) is 10.0. The summed E-state index contributed by atoms with van der Waals surface area (Å²) in [5, 5.41) is 0. The normalized spacial score (nSPS) is 10.3. The standard InChI is InChI=1S/C13H27NO/c1-4-6-8-10-12-14(3)13(15)11-9-7-5-2/h4-12H2,1-3H3. The van der Waals surface area contributed by atoms with Crippen molar-refractivity contribution in [3.05, 3.63) is 0 Å². The van der Waals surface area contributed by atoms with E-state index in [0.29, 0.717) is 5.91 Å². The van der Waals surface area contributed by atoms with E-state index in [1.165, 1.54) is 32.1 Å². The van der Waals surface area contributed by atoms with Crippen LogP contribution in [0.4, 0.5) is 0 Å². The number of carbonyl (C=O) groups is 1. The van der Waals surface area contributed by atoms with Gasteiger partial charge >= 0.3 is 0 Å². The van der Waals surface area contributed by atoms with Gasteiger partial charge in [0.1, 0.15) is 0 Å². The Balaban J connectivity index is 3.42. The quantitative estimate of drug-likeness (QED) is 0.536. The van der Waals surface area contributed by atoms with E-state index in [-0.39, 0.29) is 0 Å². The van der Waals surface area contributed by atoms with Gasteiger partial charge in [0.05, 0.1) is 0 Å². The van der Waals surface area contributed by atoms with E-state index in [1.807, 2.05) is 11.9 Å². The number of amides is 1. The predicted octanol–water partition coefficient (Wildman–Crippen LogP) is 3.61. The van der Waals surface area contributed by atoms with Gasteiger partial charge in [-0.15, -0.1) is 0 Å². The monoisotopic (exact) mass is 213 g/mol. The van der Waals surface area contributed by atoms with Crippen LogP contribution in [0.2, 0.25) is 0 Å². The number of carbonyl (C=O) groups excluding carboxylic acids is 1. The minimum atomic E-state index is 0.319. The van der Waals surface area contributed by atoms with Gasteiger partial charge in [-0.2, -0.15) is 0 Å². The van der Waals surface area contributed by atoms with Gasteiger partial charge in [-0.3, -0.25) is 4.79 Å². The summed E-state index contributed by atoms with van der Waals surface area (Å²) in [5.41, 5.74) is 0. The number of rotatable bonds is 9. The van der Waals surface area contributed by atoms with Crippen molar-refractivity contribution in [2.24, 2.45) is 0 Å². The molecule has 0 aliphatic carbocycles. The van der Waals surface area contributed by atoms with Crippen molar-refractivity contribution in [2.45, 2.75) is 65.2 Å². The Morgan fingerprint density at radius 3 is 2.13 bits per heavy atom. The van der Waals surface area contributed by atoms with Crippen molar-refractivity contribution in [3.63, 3.8) is 0 Å². The molecule has 0 aromatic carbocycles. The Morgan fingerprint density at radius 2 is 1.53 bits per heavy atom. The highest BCUT2D eigenvalue weighted by Crippen LogP contribution is 2.04. The minimum absolute atomic E-state index is 0.319. The molecule has 0 aliphatic rings. The van der Waals surface area contributed by atoms with E-state index >= 15 is 0 Å². The summed E-state index contributed by atoms with van der Waals surface area (Å²) < 4.78 is 0. The summed E-state index contributed by atoms with van der Waals surface area (Å²) in [4.78, 5) is 13.5. The molecule has 15 heavy (non-hydrogen) atoms. The number of hydrogen-bond donors (Lipinski definition) is 0. The molecular formula is C13H27NO. The van der Waals surface area contributed by atoms with Gasteiger partial charge in [0.25, 0.3) is 0 Å². The molecule has 0 aromatic rings. The van der Waals surface area contributed by atoms with Crippen LogP contribution in [0.25, 0.3) is 0 Å². The largest absolute Gasteiger partial charge is 0.346 e. The lowest BCUT2D eigenvalue weighted by atomic mass is 10.1. The van der Waals surface area contributed by atoms with Gasteiger partial charge in [-0.05, 0) is 12.8 Å². The highest BCUT2D eigenvalue weighted by Gasteiger charge is 2.06. The van der Waals surface area contributed by atoms with Crippen LogP contribution < -0.4 is 0 Å². The van der Waals surface area contributed by atoms with Crippen LogP contribution in [-0.2, 0) is 4.79 Å². The third kappa shape index (κ3) is 8.46. The summed E-state index contributed by atoms with van der Waals surface area (Å²) in [6, 6.07) is 0. The first-order valence-corrected chi connectivity index (χ1v) is 6.46. The third-order valence-electron chi connectivity index (χ3n) is 2.77. The van der Waals surface area contributed by atoms with Crippen LogP contribution in [0, 0.1) is 0 Å². The number of hydrogen-bond acceptors (Lipinski definition) is 1. The second-order valence-corrected chi connectivity index (χ2v) is 4.33. The molecular weight excluding hydrogens is 186 g/mol. The average molecular weight is 213 g/mol. The summed E-state index contributed by atoms with van der Waals surface area (Å²) >= 11 is 0. The molecule has 2 heteroatoms. The molecule has 0 N–H and O–H groups in total. The zero-order chi connectivity index (χ0) is 11.5. The van der Waals surface area contributed by atoms with Crippen molar-refractivity contribution in [3.8, 4) is 0 Å². The van der Waals surface area contributed by atoms with Gasteiger partial charge in [0.15, 0.2) is 0 Å². The number of nitrogens with zero attached hydrogens (tertiary/aromatic N) is 1. The fraction of sp³-hybridized carbons (Fsp3) is 0.923. The number of unbranched alkanes of at least 4 members (excludes halogenated alkanes) is 5. The molecule has 0 heterocycles. The molecule has 1 amide bonds. The summed E-state index contributed by atoms with van der Waals surface area (Å²) in [7, 11) is 1.93. The predicted molar refractivity (Wildman–Crippen MR) is 65.9 cm³/mol. The van der Waals surface area contributed by atoms with E-state index in [9.17, 15) is 4.79 Å². The van der Waals surface area contributed by atoms with E-state index in [4.69, 9.17) is 0 Å². The van der Waals surface area contributed by atoms with Gasteiger partial charge in [0, 0.05) is 20.0 Å². The van der Waals surface area contributed by atoms with Gasteiger partial charge in [-0.25, -0.2) is 0 Å². The van der Waals surface area contributed by atoms with Crippen molar-refractivity contribution in [2.75, 3.05) is 13.6 Å². The molecule has 0 saturated carbocycles. The first-order chi connectivity index (χ1) is 7.22. The SMILES string of the molecule is CCCCCCN(C)C(=O)CCCCC. The highest BCUT2D eigenvalue weighted by molar-refractivity contribution is 5.75. The van der Waals surface area contributed by atoms with Crippen molar-refractivity contribution < 1.29 is 4.79 Å². The van der Waals surface area contributed by atoms with Gasteiger partial charge < -0.3 is 4.90 Å². The Bertz CT molecular complexity index is 157. The Hall–Kier alpha value is -0.530. The van der Waals surface area contributed by atoms with Crippen LogP contribution in [0.5, 0.6) is 0 Å². The molecule has 0 aromatic heterocycles.